The van der Waals surface area contributed by atoms with E-state index in [1.807, 2.05) is 0 Å². The minimum Gasteiger partial charge on any atom is -0.378 e. The lowest BCUT2D eigenvalue weighted by Gasteiger charge is -2.08. The van der Waals surface area contributed by atoms with Crippen molar-refractivity contribution in [3.8, 4) is 0 Å². The maximum absolute atomic E-state index is 5.69. The van der Waals surface area contributed by atoms with Gasteiger partial charge in [-0.2, -0.15) is 0 Å². The lowest BCUT2D eigenvalue weighted by molar-refractivity contribution is 0.106. The summed E-state index contributed by atoms with van der Waals surface area (Å²) in [6, 6.07) is 0. The third-order valence-corrected chi connectivity index (χ3v) is 4.23. The van der Waals surface area contributed by atoms with E-state index < -0.39 is 0 Å². The maximum atomic E-state index is 5.69. The SMILES string of the molecule is CCC1CC(C=CCC2(CC)CC2)CO1. The van der Waals surface area contributed by atoms with Gasteiger partial charge in [0.05, 0.1) is 12.7 Å². The summed E-state index contributed by atoms with van der Waals surface area (Å²) in [5.41, 5.74) is 0.708. The quantitative estimate of drug-likeness (QED) is 0.622. The second-order valence-electron chi connectivity index (χ2n) is 5.35. The van der Waals surface area contributed by atoms with Gasteiger partial charge in [0.1, 0.15) is 0 Å². The van der Waals surface area contributed by atoms with Gasteiger partial charge < -0.3 is 4.74 Å². The topological polar surface area (TPSA) is 9.23 Å². The van der Waals surface area contributed by atoms with Gasteiger partial charge in [0.2, 0.25) is 0 Å². The van der Waals surface area contributed by atoms with Gasteiger partial charge in [-0.1, -0.05) is 32.4 Å². The van der Waals surface area contributed by atoms with E-state index in [-0.39, 0.29) is 0 Å². The summed E-state index contributed by atoms with van der Waals surface area (Å²) >= 11 is 0. The van der Waals surface area contributed by atoms with Crippen LogP contribution in [0.4, 0.5) is 0 Å². The van der Waals surface area contributed by atoms with Gasteiger partial charge in [-0.3, -0.25) is 0 Å². The molecule has 0 aromatic heterocycles. The molecule has 86 valence electrons. The Labute approximate surface area is 93.9 Å². The van der Waals surface area contributed by atoms with Crippen LogP contribution in [0.1, 0.15) is 52.4 Å². The van der Waals surface area contributed by atoms with Crippen LogP contribution in [0.5, 0.6) is 0 Å². The second kappa shape index (κ2) is 4.69. The lowest BCUT2D eigenvalue weighted by Crippen LogP contribution is -2.01. The van der Waals surface area contributed by atoms with Crippen LogP contribution in [0.2, 0.25) is 0 Å². The van der Waals surface area contributed by atoms with E-state index >= 15 is 0 Å². The molecule has 0 radical (unpaired) electrons. The van der Waals surface area contributed by atoms with Crippen molar-refractivity contribution in [3.63, 3.8) is 0 Å². The molecular weight excluding hydrogens is 184 g/mol. The summed E-state index contributed by atoms with van der Waals surface area (Å²) in [5, 5.41) is 0. The van der Waals surface area contributed by atoms with Crippen molar-refractivity contribution in [1.82, 2.24) is 0 Å². The smallest absolute Gasteiger partial charge is 0.0579 e. The largest absolute Gasteiger partial charge is 0.378 e. The van der Waals surface area contributed by atoms with Crippen molar-refractivity contribution in [2.45, 2.75) is 58.5 Å². The molecule has 2 rings (SSSR count). The molecule has 1 heteroatoms. The minimum absolute atomic E-state index is 0.528. The van der Waals surface area contributed by atoms with Crippen molar-refractivity contribution in [2.75, 3.05) is 6.61 Å². The van der Waals surface area contributed by atoms with Gasteiger partial charge in [-0.25, -0.2) is 0 Å². The Balaban J connectivity index is 1.71. The van der Waals surface area contributed by atoms with E-state index in [0.29, 0.717) is 17.4 Å². The Hall–Kier alpha value is -0.300. The first-order valence-electron chi connectivity index (χ1n) is 6.56. The summed E-state index contributed by atoms with van der Waals surface area (Å²) in [4.78, 5) is 0. The molecule has 2 fully saturated rings. The van der Waals surface area contributed by atoms with Crippen LogP contribution < -0.4 is 0 Å². The first kappa shape index (κ1) is 11.2. The van der Waals surface area contributed by atoms with Crippen molar-refractivity contribution in [2.24, 2.45) is 11.3 Å². The molecule has 15 heavy (non-hydrogen) atoms. The van der Waals surface area contributed by atoms with Crippen molar-refractivity contribution in [1.29, 1.82) is 0 Å². The predicted octanol–water partition coefficient (Wildman–Crippen LogP) is 3.94. The molecule has 0 bridgehead atoms. The van der Waals surface area contributed by atoms with Gasteiger partial charge in [0.25, 0.3) is 0 Å². The molecule has 1 heterocycles. The minimum atomic E-state index is 0.528. The number of rotatable bonds is 5. The fourth-order valence-electron chi connectivity index (χ4n) is 2.54. The average Bonchev–Trinajstić information content (AvgIpc) is 2.89. The average molecular weight is 208 g/mol. The number of ether oxygens (including phenoxy) is 1. The van der Waals surface area contributed by atoms with E-state index in [2.05, 4.69) is 26.0 Å². The number of hydrogen-bond donors (Lipinski definition) is 0. The molecule has 0 N–H and O–H groups in total. The van der Waals surface area contributed by atoms with Crippen LogP contribution in [0.25, 0.3) is 0 Å². The van der Waals surface area contributed by atoms with Crippen LogP contribution >= 0.6 is 0 Å². The lowest BCUT2D eigenvalue weighted by atomic mass is 9.97. The van der Waals surface area contributed by atoms with Crippen molar-refractivity contribution in [3.05, 3.63) is 12.2 Å². The van der Waals surface area contributed by atoms with Crippen molar-refractivity contribution >= 4 is 0 Å². The van der Waals surface area contributed by atoms with Gasteiger partial charge in [-0.15, -0.1) is 0 Å². The van der Waals surface area contributed by atoms with Crippen LogP contribution in [-0.4, -0.2) is 12.7 Å². The summed E-state index contributed by atoms with van der Waals surface area (Å²) in [7, 11) is 0. The van der Waals surface area contributed by atoms with Crippen molar-refractivity contribution < 1.29 is 4.74 Å². The number of allylic oxidation sites excluding steroid dienone is 1. The van der Waals surface area contributed by atoms with Crippen LogP contribution in [-0.2, 0) is 4.74 Å². The molecule has 0 aromatic rings. The second-order valence-corrected chi connectivity index (χ2v) is 5.35. The molecule has 1 aliphatic carbocycles. The zero-order valence-corrected chi connectivity index (χ0v) is 10.2. The Morgan fingerprint density at radius 1 is 1.33 bits per heavy atom. The summed E-state index contributed by atoms with van der Waals surface area (Å²) in [6.45, 7) is 5.49. The molecule has 1 saturated heterocycles. The Morgan fingerprint density at radius 2 is 2.13 bits per heavy atom. The molecule has 2 aliphatic rings. The van der Waals surface area contributed by atoms with Gasteiger partial charge in [0, 0.05) is 5.92 Å². The van der Waals surface area contributed by atoms with E-state index in [9.17, 15) is 0 Å². The molecule has 0 spiro atoms. The molecule has 2 unspecified atom stereocenters. The molecular formula is C14H24O. The van der Waals surface area contributed by atoms with E-state index in [1.165, 1.54) is 38.5 Å². The zero-order valence-electron chi connectivity index (χ0n) is 10.2. The van der Waals surface area contributed by atoms with Crippen LogP contribution in [0.3, 0.4) is 0 Å². The normalized spacial score (nSPS) is 33.7. The highest BCUT2D eigenvalue weighted by Gasteiger charge is 2.39. The standard InChI is InChI=1S/C14H24O/c1-3-13-10-12(11-15-13)6-5-7-14(4-2)8-9-14/h5-6,12-13H,3-4,7-11H2,1-2H3. The molecule has 1 saturated carbocycles. The first-order valence-corrected chi connectivity index (χ1v) is 6.56. The predicted molar refractivity (Wildman–Crippen MR) is 63.9 cm³/mol. The van der Waals surface area contributed by atoms with E-state index in [4.69, 9.17) is 4.74 Å². The Morgan fingerprint density at radius 3 is 2.67 bits per heavy atom. The first-order chi connectivity index (χ1) is 7.28. The van der Waals surface area contributed by atoms with E-state index in [0.717, 1.165) is 6.61 Å². The highest BCUT2D eigenvalue weighted by atomic mass is 16.5. The monoisotopic (exact) mass is 208 g/mol. The summed E-state index contributed by atoms with van der Waals surface area (Å²) in [5.74, 6) is 0.697. The molecule has 2 atom stereocenters. The molecule has 0 amide bonds. The zero-order chi connectivity index (χ0) is 10.7. The summed E-state index contributed by atoms with van der Waals surface area (Å²) < 4.78 is 5.69. The summed E-state index contributed by atoms with van der Waals surface area (Å²) in [6.07, 6.45) is 13.3. The third kappa shape index (κ3) is 2.84. The number of hydrogen-bond acceptors (Lipinski definition) is 1. The Kier molecular flexibility index (Phi) is 3.50. The van der Waals surface area contributed by atoms with Crippen LogP contribution in [0.15, 0.2) is 12.2 Å². The molecule has 0 aromatic carbocycles. The molecule has 1 nitrogen and oxygen atoms in total. The fourth-order valence-corrected chi connectivity index (χ4v) is 2.54. The fraction of sp³-hybridized carbons (Fsp3) is 0.857. The highest BCUT2D eigenvalue weighted by molar-refractivity contribution is 5.01. The highest BCUT2D eigenvalue weighted by Crippen LogP contribution is 2.51. The maximum Gasteiger partial charge on any atom is 0.0579 e. The van der Waals surface area contributed by atoms with Crippen LogP contribution in [0, 0.1) is 11.3 Å². The van der Waals surface area contributed by atoms with Gasteiger partial charge >= 0.3 is 0 Å². The third-order valence-electron chi connectivity index (χ3n) is 4.23. The Bertz CT molecular complexity index is 227. The molecule has 1 aliphatic heterocycles. The van der Waals surface area contributed by atoms with Gasteiger partial charge in [0.15, 0.2) is 0 Å². The van der Waals surface area contributed by atoms with E-state index in [1.54, 1.807) is 0 Å². The van der Waals surface area contributed by atoms with Gasteiger partial charge in [-0.05, 0) is 37.5 Å².